The quantitative estimate of drug-likeness (QED) is 0.890. The summed E-state index contributed by atoms with van der Waals surface area (Å²) in [7, 11) is 0. The standard InChI is InChI=1S/C16H15Cl2NO2/c1-10-3-5-13(7-11(10)2)21-9-16(20)19-15-8-12(17)4-6-14(15)18/h3-8H,9H2,1-2H3,(H,19,20). The Labute approximate surface area is 133 Å². The van der Waals surface area contributed by atoms with Crippen LogP contribution >= 0.6 is 23.2 Å². The smallest absolute Gasteiger partial charge is 0.262 e. The van der Waals surface area contributed by atoms with E-state index in [9.17, 15) is 4.79 Å². The summed E-state index contributed by atoms with van der Waals surface area (Å²) in [5.41, 5.74) is 2.76. The van der Waals surface area contributed by atoms with Crippen LogP contribution in [0.5, 0.6) is 5.75 Å². The van der Waals surface area contributed by atoms with E-state index in [1.54, 1.807) is 18.2 Å². The fourth-order valence-corrected chi connectivity index (χ4v) is 2.07. The van der Waals surface area contributed by atoms with Crippen LogP contribution in [0.3, 0.4) is 0 Å². The molecular weight excluding hydrogens is 309 g/mol. The lowest BCUT2D eigenvalue weighted by Crippen LogP contribution is -2.20. The molecule has 5 heteroatoms. The summed E-state index contributed by atoms with van der Waals surface area (Å²) < 4.78 is 5.46. The summed E-state index contributed by atoms with van der Waals surface area (Å²) in [6.07, 6.45) is 0. The third-order valence-corrected chi connectivity index (χ3v) is 3.62. The second-order valence-electron chi connectivity index (χ2n) is 4.71. The van der Waals surface area contributed by atoms with E-state index in [2.05, 4.69) is 5.32 Å². The summed E-state index contributed by atoms with van der Waals surface area (Å²) in [4.78, 5) is 11.9. The van der Waals surface area contributed by atoms with E-state index in [0.717, 1.165) is 5.56 Å². The van der Waals surface area contributed by atoms with Crippen LogP contribution in [0.4, 0.5) is 5.69 Å². The second kappa shape index (κ2) is 6.83. The van der Waals surface area contributed by atoms with E-state index in [4.69, 9.17) is 27.9 Å². The van der Waals surface area contributed by atoms with Crippen LogP contribution in [0.1, 0.15) is 11.1 Å². The Morgan fingerprint density at radius 3 is 2.57 bits per heavy atom. The Balaban J connectivity index is 1.95. The molecule has 0 bridgehead atoms. The van der Waals surface area contributed by atoms with E-state index in [-0.39, 0.29) is 12.5 Å². The number of benzene rings is 2. The van der Waals surface area contributed by atoms with Gasteiger partial charge < -0.3 is 10.1 Å². The summed E-state index contributed by atoms with van der Waals surface area (Å²) in [5.74, 6) is 0.364. The van der Waals surface area contributed by atoms with Crippen molar-refractivity contribution in [1.82, 2.24) is 0 Å². The first-order valence-corrected chi connectivity index (χ1v) is 7.16. The molecule has 0 saturated carbocycles. The van der Waals surface area contributed by atoms with Crippen molar-refractivity contribution >= 4 is 34.8 Å². The molecule has 0 aliphatic heterocycles. The Hall–Kier alpha value is -1.71. The first-order chi connectivity index (χ1) is 9.95. The van der Waals surface area contributed by atoms with Crippen molar-refractivity contribution in [2.24, 2.45) is 0 Å². The Morgan fingerprint density at radius 1 is 1.10 bits per heavy atom. The van der Waals surface area contributed by atoms with Crippen LogP contribution in [-0.2, 0) is 4.79 Å². The fourth-order valence-electron chi connectivity index (χ4n) is 1.73. The van der Waals surface area contributed by atoms with Crippen molar-refractivity contribution in [1.29, 1.82) is 0 Å². The normalized spacial score (nSPS) is 10.3. The van der Waals surface area contributed by atoms with Crippen LogP contribution in [0.2, 0.25) is 10.0 Å². The minimum Gasteiger partial charge on any atom is -0.484 e. The number of anilines is 1. The highest BCUT2D eigenvalue weighted by Crippen LogP contribution is 2.25. The molecule has 0 saturated heterocycles. The van der Waals surface area contributed by atoms with Gasteiger partial charge in [0.2, 0.25) is 0 Å². The zero-order valence-corrected chi connectivity index (χ0v) is 13.3. The molecular formula is C16H15Cl2NO2. The summed E-state index contributed by atoms with van der Waals surface area (Å²) in [5, 5.41) is 3.60. The topological polar surface area (TPSA) is 38.3 Å². The molecule has 1 amide bonds. The summed E-state index contributed by atoms with van der Waals surface area (Å²) in [6.45, 7) is 3.92. The number of ether oxygens (including phenoxy) is 1. The van der Waals surface area contributed by atoms with Crippen molar-refractivity contribution in [3.05, 3.63) is 57.6 Å². The lowest BCUT2D eigenvalue weighted by Gasteiger charge is -2.10. The summed E-state index contributed by atoms with van der Waals surface area (Å²) in [6, 6.07) is 10.6. The highest BCUT2D eigenvalue weighted by Gasteiger charge is 2.08. The predicted molar refractivity (Wildman–Crippen MR) is 86.5 cm³/mol. The van der Waals surface area contributed by atoms with E-state index < -0.39 is 0 Å². The molecule has 0 atom stereocenters. The lowest BCUT2D eigenvalue weighted by atomic mass is 10.1. The van der Waals surface area contributed by atoms with Crippen LogP contribution in [-0.4, -0.2) is 12.5 Å². The van der Waals surface area contributed by atoms with E-state index in [1.807, 2.05) is 32.0 Å². The van der Waals surface area contributed by atoms with E-state index >= 15 is 0 Å². The molecule has 0 heterocycles. The van der Waals surface area contributed by atoms with Crippen LogP contribution < -0.4 is 10.1 Å². The summed E-state index contributed by atoms with van der Waals surface area (Å²) >= 11 is 11.8. The maximum Gasteiger partial charge on any atom is 0.262 e. The molecule has 0 aromatic heterocycles. The molecule has 2 rings (SSSR count). The third kappa shape index (κ3) is 4.38. The minimum absolute atomic E-state index is 0.0919. The van der Waals surface area contributed by atoms with Gasteiger partial charge in [0.25, 0.3) is 5.91 Å². The molecule has 110 valence electrons. The van der Waals surface area contributed by atoms with E-state index in [0.29, 0.717) is 21.5 Å². The molecule has 0 aliphatic carbocycles. The monoisotopic (exact) mass is 323 g/mol. The van der Waals surface area contributed by atoms with Gasteiger partial charge in [-0.1, -0.05) is 29.3 Å². The van der Waals surface area contributed by atoms with Crippen molar-refractivity contribution in [2.45, 2.75) is 13.8 Å². The number of nitrogens with one attached hydrogen (secondary N) is 1. The Bertz CT molecular complexity index is 671. The largest absolute Gasteiger partial charge is 0.484 e. The number of aryl methyl sites for hydroxylation is 2. The van der Waals surface area contributed by atoms with Crippen molar-refractivity contribution in [2.75, 3.05) is 11.9 Å². The molecule has 0 spiro atoms. The number of rotatable bonds is 4. The van der Waals surface area contributed by atoms with Crippen LogP contribution in [0, 0.1) is 13.8 Å². The Kier molecular flexibility index (Phi) is 5.10. The van der Waals surface area contributed by atoms with Gasteiger partial charge in [0.05, 0.1) is 10.7 Å². The molecule has 1 N–H and O–H groups in total. The molecule has 0 aliphatic rings. The van der Waals surface area contributed by atoms with Gasteiger partial charge >= 0.3 is 0 Å². The SMILES string of the molecule is Cc1ccc(OCC(=O)Nc2cc(Cl)ccc2Cl)cc1C. The van der Waals surface area contributed by atoms with Crippen molar-refractivity contribution < 1.29 is 9.53 Å². The molecule has 2 aromatic carbocycles. The van der Waals surface area contributed by atoms with Gasteiger partial charge in [-0.25, -0.2) is 0 Å². The van der Waals surface area contributed by atoms with Crippen molar-refractivity contribution in [3.8, 4) is 5.75 Å². The van der Waals surface area contributed by atoms with Gasteiger partial charge in [0.1, 0.15) is 5.75 Å². The predicted octanol–water partition coefficient (Wildman–Crippen LogP) is 4.63. The van der Waals surface area contributed by atoms with Gasteiger partial charge in [0.15, 0.2) is 6.61 Å². The van der Waals surface area contributed by atoms with Crippen LogP contribution in [0.15, 0.2) is 36.4 Å². The van der Waals surface area contributed by atoms with Gasteiger partial charge in [-0.3, -0.25) is 4.79 Å². The van der Waals surface area contributed by atoms with Gasteiger partial charge in [-0.2, -0.15) is 0 Å². The third-order valence-electron chi connectivity index (χ3n) is 3.05. The lowest BCUT2D eigenvalue weighted by molar-refractivity contribution is -0.118. The number of carbonyl (C=O) groups excluding carboxylic acids is 1. The number of hydrogen-bond acceptors (Lipinski definition) is 2. The maximum atomic E-state index is 11.9. The molecule has 21 heavy (non-hydrogen) atoms. The molecule has 0 radical (unpaired) electrons. The average molecular weight is 324 g/mol. The average Bonchev–Trinajstić information content (AvgIpc) is 2.44. The first kappa shape index (κ1) is 15.7. The molecule has 0 fully saturated rings. The fraction of sp³-hybridized carbons (Fsp3) is 0.188. The molecule has 3 nitrogen and oxygen atoms in total. The van der Waals surface area contributed by atoms with E-state index in [1.165, 1.54) is 5.56 Å². The van der Waals surface area contributed by atoms with Gasteiger partial charge in [-0.15, -0.1) is 0 Å². The highest BCUT2D eigenvalue weighted by molar-refractivity contribution is 6.35. The second-order valence-corrected chi connectivity index (χ2v) is 5.55. The first-order valence-electron chi connectivity index (χ1n) is 6.40. The zero-order chi connectivity index (χ0) is 15.4. The number of hydrogen-bond donors (Lipinski definition) is 1. The molecule has 2 aromatic rings. The Morgan fingerprint density at radius 2 is 1.86 bits per heavy atom. The van der Waals surface area contributed by atoms with Gasteiger partial charge in [0, 0.05) is 5.02 Å². The molecule has 0 unspecified atom stereocenters. The number of amides is 1. The van der Waals surface area contributed by atoms with Crippen LogP contribution in [0.25, 0.3) is 0 Å². The minimum atomic E-state index is -0.294. The zero-order valence-electron chi connectivity index (χ0n) is 11.7. The highest BCUT2D eigenvalue weighted by atomic mass is 35.5. The number of halogens is 2. The van der Waals surface area contributed by atoms with Crippen molar-refractivity contribution in [3.63, 3.8) is 0 Å². The maximum absolute atomic E-state index is 11.9. The number of carbonyl (C=O) groups is 1. The van der Waals surface area contributed by atoms with Gasteiger partial charge in [-0.05, 0) is 55.3 Å².